The number of aryl methyl sites for hydroxylation is 1. The van der Waals surface area contributed by atoms with Gasteiger partial charge in [0.2, 0.25) is 0 Å². The first-order valence-corrected chi connectivity index (χ1v) is 7.02. The molecule has 21 heavy (non-hydrogen) atoms. The van der Waals surface area contributed by atoms with Crippen LogP contribution in [-0.4, -0.2) is 27.4 Å². The van der Waals surface area contributed by atoms with Crippen LogP contribution in [0.5, 0.6) is 0 Å². The summed E-state index contributed by atoms with van der Waals surface area (Å²) in [6.07, 6.45) is 5.58. The highest BCUT2D eigenvalue weighted by Crippen LogP contribution is 2.48. The van der Waals surface area contributed by atoms with Gasteiger partial charge in [0, 0.05) is 19.2 Å². The molecule has 0 radical (unpaired) electrons. The molecule has 0 N–H and O–H groups in total. The summed E-state index contributed by atoms with van der Waals surface area (Å²) < 4.78 is 2.13. The molecule has 1 unspecified atom stereocenters. The topological polar surface area (TPSA) is 61.9 Å². The minimum Gasteiger partial charge on any atom is -0.332 e. The first-order chi connectivity index (χ1) is 10.2. The molecule has 1 aromatic carbocycles. The molecule has 2 aromatic rings. The molecule has 1 spiro atoms. The second kappa shape index (κ2) is 3.95. The Morgan fingerprint density at radius 2 is 2.29 bits per heavy atom. The van der Waals surface area contributed by atoms with Crippen LogP contribution in [0, 0.1) is 11.3 Å². The average molecular weight is 278 g/mol. The van der Waals surface area contributed by atoms with Crippen LogP contribution in [0.4, 0.5) is 0 Å². The molecule has 0 saturated carbocycles. The van der Waals surface area contributed by atoms with E-state index in [1.165, 1.54) is 0 Å². The fourth-order valence-electron chi connectivity index (χ4n) is 3.77. The third-order valence-electron chi connectivity index (χ3n) is 4.78. The maximum Gasteiger partial charge on any atom is 0.255 e. The molecule has 4 rings (SSSR count). The molecule has 1 amide bonds. The van der Waals surface area contributed by atoms with Gasteiger partial charge in [0.15, 0.2) is 0 Å². The Hall–Kier alpha value is -2.61. The Kier molecular flexibility index (Phi) is 2.29. The third-order valence-corrected chi connectivity index (χ3v) is 4.78. The fourth-order valence-corrected chi connectivity index (χ4v) is 3.77. The quantitative estimate of drug-likeness (QED) is 0.739. The summed E-state index contributed by atoms with van der Waals surface area (Å²) in [6.45, 7) is 0.935. The van der Waals surface area contributed by atoms with Gasteiger partial charge in [0.25, 0.3) is 5.91 Å². The largest absolute Gasteiger partial charge is 0.332 e. The lowest BCUT2D eigenvalue weighted by Crippen LogP contribution is -2.45. The van der Waals surface area contributed by atoms with Gasteiger partial charge in [-0.05, 0) is 30.5 Å². The summed E-state index contributed by atoms with van der Waals surface area (Å²) >= 11 is 0. The molecular weight excluding hydrogens is 264 g/mol. The lowest BCUT2D eigenvalue weighted by molar-refractivity contribution is 0.0643. The number of fused-ring (bicyclic) bond motifs is 4. The Labute approximate surface area is 122 Å². The number of nitriles is 1. The van der Waals surface area contributed by atoms with Gasteiger partial charge in [0.05, 0.1) is 29.9 Å². The number of hydrogen-bond acceptors (Lipinski definition) is 3. The number of rotatable bonds is 0. The number of amides is 1. The van der Waals surface area contributed by atoms with Crippen molar-refractivity contribution in [2.75, 3.05) is 7.05 Å². The SMILES string of the molecule is CN1C(=O)c2cc(C#N)ccc2C12CCCn1cncc12. The van der Waals surface area contributed by atoms with Crippen LogP contribution in [0.1, 0.15) is 40.0 Å². The van der Waals surface area contributed by atoms with Crippen molar-refractivity contribution < 1.29 is 4.79 Å². The number of aromatic nitrogens is 2. The first kappa shape index (κ1) is 12.2. The van der Waals surface area contributed by atoms with E-state index in [2.05, 4.69) is 15.6 Å². The lowest BCUT2D eigenvalue weighted by Gasteiger charge is -2.40. The lowest BCUT2D eigenvalue weighted by atomic mass is 9.80. The van der Waals surface area contributed by atoms with Gasteiger partial charge in [-0.15, -0.1) is 0 Å². The molecule has 3 heterocycles. The van der Waals surface area contributed by atoms with Crippen molar-refractivity contribution in [1.29, 1.82) is 5.26 Å². The summed E-state index contributed by atoms with van der Waals surface area (Å²) in [7, 11) is 1.84. The predicted octanol–water partition coefficient (Wildman–Crippen LogP) is 1.88. The Bertz CT molecular complexity index is 801. The zero-order chi connectivity index (χ0) is 14.6. The maximum atomic E-state index is 12.7. The van der Waals surface area contributed by atoms with E-state index in [1.807, 2.05) is 30.5 Å². The number of carbonyl (C=O) groups is 1. The molecule has 0 saturated heterocycles. The third kappa shape index (κ3) is 1.34. The maximum absolute atomic E-state index is 12.7. The van der Waals surface area contributed by atoms with Gasteiger partial charge < -0.3 is 9.47 Å². The molecular formula is C16H14N4O. The van der Waals surface area contributed by atoms with Crippen molar-refractivity contribution in [3.63, 3.8) is 0 Å². The smallest absolute Gasteiger partial charge is 0.255 e. The van der Waals surface area contributed by atoms with E-state index in [0.717, 1.165) is 30.6 Å². The monoisotopic (exact) mass is 278 g/mol. The van der Waals surface area contributed by atoms with Crippen molar-refractivity contribution in [2.45, 2.75) is 24.9 Å². The summed E-state index contributed by atoms with van der Waals surface area (Å²) in [5, 5.41) is 9.06. The summed E-state index contributed by atoms with van der Waals surface area (Å²) in [5.74, 6) is -0.0169. The highest BCUT2D eigenvalue weighted by molar-refractivity contribution is 6.00. The summed E-state index contributed by atoms with van der Waals surface area (Å²) in [6, 6.07) is 7.54. The highest BCUT2D eigenvalue weighted by Gasteiger charge is 2.51. The van der Waals surface area contributed by atoms with Crippen LogP contribution in [0.2, 0.25) is 0 Å². The van der Waals surface area contributed by atoms with E-state index >= 15 is 0 Å². The second-order valence-electron chi connectivity index (χ2n) is 5.67. The van der Waals surface area contributed by atoms with Crippen LogP contribution in [-0.2, 0) is 12.1 Å². The van der Waals surface area contributed by atoms with Gasteiger partial charge in [-0.1, -0.05) is 6.07 Å². The van der Waals surface area contributed by atoms with E-state index < -0.39 is 5.54 Å². The van der Waals surface area contributed by atoms with Gasteiger partial charge >= 0.3 is 0 Å². The van der Waals surface area contributed by atoms with E-state index in [1.54, 1.807) is 12.1 Å². The summed E-state index contributed by atoms with van der Waals surface area (Å²) in [4.78, 5) is 18.7. The van der Waals surface area contributed by atoms with E-state index in [-0.39, 0.29) is 5.91 Å². The molecule has 2 aliphatic rings. The fraction of sp³-hybridized carbons (Fsp3) is 0.312. The van der Waals surface area contributed by atoms with Crippen molar-refractivity contribution in [3.05, 3.63) is 53.1 Å². The number of hydrogen-bond donors (Lipinski definition) is 0. The Balaban J connectivity index is 2.02. The standard InChI is InChI=1S/C16H14N4O/c1-19-15(21)12-7-11(8-17)3-4-13(12)16(19)5-2-6-20-10-18-9-14(16)20/h3-4,7,9-10H,2,5-6H2,1H3. The predicted molar refractivity (Wildman–Crippen MR) is 75.5 cm³/mol. The number of benzene rings is 1. The average Bonchev–Trinajstić information content (AvgIpc) is 3.07. The van der Waals surface area contributed by atoms with Crippen LogP contribution in [0.15, 0.2) is 30.7 Å². The van der Waals surface area contributed by atoms with E-state index in [4.69, 9.17) is 5.26 Å². The zero-order valence-corrected chi connectivity index (χ0v) is 11.7. The van der Waals surface area contributed by atoms with Crippen LogP contribution in [0.3, 0.4) is 0 Å². The van der Waals surface area contributed by atoms with Gasteiger partial charge in [-0.25, -0.2) is 4.98 Å². The van der Waals surface area contributed by atoms with Crippen LogP contribution >= 0.6 is 0 Å². The van der Waals surface area contributed by atoms with Crippen molar-refractivity contribution in [3.8, 4) is 6.07 Å². The molecule has 0 bridgehead atoms. The van der Waals surface area contributed by atoms with Gasteiger partial charge in [-0.3, -0.25) is 4.79 Å². The molecule has 5 nitrogen and oxygen atoms in total. The summed E-state index contributed by atoms with van der Waals surface area (Å²) in [5.41, 5.74) is 2.79. The second-order valence-corrected chi connectivity index (χ2v) is 5.67. The van der Waals surface area contributed by atoms with Crippen molar-refractivity contribution >= 4 is 5.91 Å². The zero-order valence-electron chi connectivity index (χ0n) is 11.7. The number of carbonyl (C=O) groups excluding carboxylic acids is 1. The molecule has 5 heteroatoms. The Morgan fingerprint density at radius 3 is 3.10 bits per heavy atom. The van der Waals surface area contributed by atoms with E-state index in [0.29, 0.717) is 11.1 Å². The van der Waals surface area contributed by atoms with Crippen molar-refractivity contribution in [1.82, 2.24) is 14.5 Å². The molecule has 104 valence electrons. The highest BCUT2D eigenvalue weighted by atomic mass is 16.2. The first-order valence-electron chi connectivity index (χ1n) is 7.02. The van der Waals surface area contributed by atoms with E-state index in [9.17, 15) is 4.79 Å². The molecule has 1 atom stereocenters. The Morgan fingerprint density at radius 1 is 1.43 bits per heavy atom. The molecule has 0 aliphatic carbocycles. The minimum atomic E-state index is -0.435. The van der Waals surface area contributed by atoms with Crippen molar-refractivity contribution in [2.24, 2.45) is 0 Å². The molecule has 0 fully saturated rings. The number of nitrogens with zero attached hydrogens (tertiary/aromatic N) is 4. The van der Waals surface area contributed by atoms with Crippen LogP contribution < -0.4 is 0 Å². The van der Waals surface area contributed by atoms with Gasteiger partial charge in [-0.2, -0.15) is 5.26 Å². The normalized spacial score (nSPS) is 23.0. The number of imidazole rings is 1. The molecule has 1 aromatic heterocycles. The van der Waals surface area contributed by atoms with Crippen LogP contribution in [0.25, 0.3) is 0 Å². The minimum absolute atomic E-state index is 0.0169. The molecule has 2 aliphatic heterocycles. The van der Waals surface area contributed by atoms with Gasteiger partial charge in [0.1, 0.15) is 5.54 Å².